The lowest BCUT2D eigenvalue weighted by Gasteiger charge is -2.45. The van der Waals surface area contributed by atoms with Crippen LogP contribution in [-0.4, -0.2) is 60.0 Å². The standard InChI is InChI=1S/C31H30ClF5N4O3/c1-2-41(29(43)44-23-7-5-22(33)6-8-23)30(18-38-17-24(30)20-3-9-26(34)25(32)15-20)28(42)19-11-13-40(14-12-19)27-10-4-21(16-39-27)31(35,36)37/h3-10,15-16,19,24,38H,2,11-14,17-18H2,1H3/t24-,30+/m0/s1. The minimum absolute atomic E-state index is 0.0905. The number of hydrogen-bond donors (Lipinski definition) is 1. The van der Waals surface area contributed by atoms with Crippen molar-refractivity contribution in [3.8, 4) is 5.75 Å². The van der Waals surface area contributed by atoms with E-state index in [-0.39, 0.29) is 29.6 Å². The first-order chi connectivity index (χ1) is 20.9. The van der Waals surface area contributed by atoms with Crippen LogP contribution >= 0.6 is 11.6 Å². The highest BCUT2D eigenvalue weighted by Crippen LogP contribution is 2.42. The average molecular weight is 637 g/mol. The zero-order valence-electron chi connectivity index (χ0n) is 23.7. The van der Waals surface area contributed by atoms with E-state index in [0.717, 1.165) is 24.4 Å². The predicted molar refractivity (Wildman–Crippen MR) is 154 cm³/mol. The molecule has 0 unspecified atom stereocenters. The Morgan fingerprint density at radius 3 is 2.39 bits per heavy atom. The number of carbonyl (C=O) groups is 2. The average Bonchev–Trinajstić information content (AvgIpc) is 3.45. The Bertz CT molecular complexity index is 1500. The summed E-state index contributed by atoms with van der Waals surface area (Å²) in [5, 5.41) is 3.12. The number of benzene rings is 2. The van der Waals surface area contributed by atoms with Crippen molar-refractivity contribution in [1.82, 2.24) is 15.2 Å². The van der Waals surface area contributed by atoms with Crippen molar-refractivity contribution < 1.29 is 36.3 Å². The van der Waals surface area contributed by atoms with Crippen LogP contribution in [0.15, 0.2) is 60.8 Å². The van der Waals surface area contributed by atoms with E-state index in [2.05, 4.69) is 10.3 Å². The van der Waals surface area contributed by atoms with Gasteiger partial charge in [0, 0.05) is 50.8 Å². The minimum Gasteiger partial charge on any atom is -0.410 e. The van der Waals surface area contributed by atoms with Crippen LogP contribution < -0.4 is 15.0 Å². The lowest BCUT2D eigenvalue weighted by molar-refractivity contribution is -0.138. The molecule has 0 aliphatic carbocycles. The Morgan fingerprint density at radius 1 is 1.09 bits per heavy atom. The van der Waals surface area contributed by atoms with Crippen molar-refractivity contribution >= 4 is 29.3 Å². The van der Waals surface area contributed by atoms with E-state index in [9.17, 15) is 31.5 Å². The molecule has 2 aromatic carbocycles. The summed E-state index contributed by atoms with van der Waals surface area (Å²) >= 11 is 6.13. The molecule has 5 rings (SSSR count). The first kappa shape index (κ1) is 31.6. The minimum atomic E-state index is -4.50. The van der Waals surface area contributed by atoms with Crippen LogP contribution in [0.2, 0.25) is 5.02 Å². The zero-order valence-corrected chi connectivity index (χ0v) is 24.5. The second-order valence-corrected chi connectivity index (χ2v) is 11.3. The van der Waals surface area contributed by atoms with Gasteiger partial charge in [-0.25, -0.2) is 18.6 Å². The fraction of sp³-hybridized carbons (Fsp3) is 0.387. The van der Waals surface area contributed by atoms with Crippen molar-refractivity contribution in [1.29, 1.82) is 0 Å². The number of amides is 1. The van der Waals surface area contributed by atoms with E-state index >= 15 is 0 Å². The number of pyridine rings is 1. The van der Waals surface area contributed by atoms with Crippen molar-refractivity contribution in [3.05, 3.63) is 88.6 Å². The number of nitrogens with one attached hydrogen (secondary N) is 1. The maximum Gasteiger partial charge on any atom is 0.417 e. The van der Waals surface area contributed by atoms with Gasteiger partial charge in [-0.05, 0) is 73.9 Å². The second kappa shape index (κ2) is 12.7. The van der Waals surface area contributed by atoms with E-state index in [1.54, 1.807) is 13.0 Å². The van der Waals surface area contributed by atoms with Gasteiger partial charge in [-0.2, -0.15) is 13.2 Å². The molecule has 2 fully saturated rings. The first-order valence-electron chi connectivity index (χ1n) is 14.2. The Kier molecular flexibility index (Phi) is 9.12. The van der Waals surface area contributed by atoms with Gasteiger partial charge < -0.3 is 15.0 Å². The Balaban J connectivity index is 1.44. The summed E-state index contributed by atoms with van der Waals surface area (Å²) < 4.78 is 72.2. The number of rotatable bonds is 7. The predicted octanol–water partition coefficient (Wildman–Crippen LogP) is 6.46. The van der Waals surface area contributed by atoms with Gasteiger partial charge in [0.25, 0.3) is 0 Å². The van der Waals surface area contributed by atoms with Gasteiger partial charge in [0.1, 0.15) is 28.7 Å². The maximum absolute atomic E-state index is 14.7. The monoisotopic (exact) mass is 636 g/mol. The number of nitrogens with zero attached hydrogens (tertiary/aromatic N) is 3. The summed E-state index contributed by atoms with van der Waals surface area (Å²) in [4.78, 5) is 35.5. The summed E-state index contributed by atoms with van der Waals surface area (Å²) in [6.45, 7) is 2.91. The number of aromatic nitrogens is 1. The molecule has 3 aromatic rings. The lowest BCUT2D eigenvalue weighted by atomic mass is 9.71. The molecular weight excluding hydrogens is 607 g/mol. The van der Waals surface area contributed by atoms with Crippen molar-refractivity contribution in [2.45, 2.75) is 37.4 Å². The molecule has 1 aromatic heterocycles. The number of piperidine rings is 1. The van der Waals surface area contributed by atoms with E-state index in [4.69, 9.17) is 16.3 Å². The maximum atomic E-state index is 14.7. The second-order valence-electron chi connectivity index (χ2n) is 10.9. The van der Waals surface area contributed by atoms with Gasteiger partial charge in [-0.3, -0.25) is 9.69 Å². The van der Waals surface area contributed by atoms with Gasteiger partial charge in [0.15, 0.2) is 5.78 Å². The number of Topliss-reactive ketones (excluding diaryl/α,β-unsaturated/α-hetero) is 1. The number of hydrogen-bond acceptors (Lipinski definition) is 6. The fourth-order valence-electron chi connectivity index (χ4n) is 6.19. The molecule has 0 spiro atoms. The topological polar surface area (TPSA) is 74.8 Å². The highest BCUT2D eigenvalue weighted by molar-refractivity contribution is 6.30. The number of halogens is 6. The highest BCUT2D eigenvalue weighted by Gasteiger charge is 2.57. The quantitative estimate of drug-likeness (QED) is 0.300. The van der Waals surface area contributed by atoms with Crippen LogP contribution in [0, 0.1) is 17.6 Å². The van der Waals surface area contributed by atoms with Crippen LogP contribution in [0.25, 0.3) is 0 Å². The molecule has 13 heteroatoms. The molecule has 0 radical (unpaired) electrons. The Hall–Kier alpha value is -3.77. The number of carbonyl (C=O) groups excluding carboxylic acids is 2. The third-order valence-electron chi connectivity index (χ3n) is 8.39. The molecule has 44 heavy (non-hydrogen) atoms. The summed E-state index contributed by atoms with van der Waals surface area (Å²) in [6.07, 6.45) is -3.78. The van der Waals surface area contributed by atoms with E-state index in [0.29, 0.717) is 43.9 Å². The molecule has 3 heterocycles. The molecule has 2 aliphatic rings. The van der Waals surface area contributed by atoms with E-state index in [1.807, 2.05) is 4.90 Å². The number of ether oxygens (including phenoxy) is 1. The molecule has 234 valence electrons. The third-order valence-corrected chi connectivity index (χ3v) is 8.68. The number of anilines is 1. The summed E-state index contributed by atoms with van der Waals surface area (Å²) in [6, 6.07) is 11.4. The highest BCUT2D eigenvalue weighted by atomic mass is 35.5. The number of alkyl halides is 3. The van der Waals surface area contributed by atoms with Gasteiger partial charge in [-0.15, -0.1) is 0 Å². The van der Waals surface area contributed by atoms with Crippen LogP contribution in [-0.2, 0) is 11.0 Å². The fourth-order valence-corrected chi connectivity index (χ4v) is 6.38. The van der Waals surface area contributed by atoms with Crippen molar-refractivity contribution in [3.63, 3.8) is 0 Å². The Labute approximate surface area is 255 Å². The van der Waals surface area contributed by atoms with Gasteiger partial charge in [0.2, 0.25) is 0 Å². The van der Waals surface area contributed by atoms with Crippen molar-refractivity contribution in [2.75, 3.05) is 37.6 Å². The summed E-state index contributed by atoms with van der Waals surface area (Å²) in [7, 11) is 0. The smallest absolute Gasteiger partial charge is 0.410 e. The molecular formula is C31H30ClF5N4O3. The molecule has 2 aliphatic heterocycles. The zero-order chi connectivity index (χ0) is 31.6. The number of ketones is 1. The third kappa shape index (κ3) is 6.23. The van der Waals surface area contributed by atoms with Crippen LogP contribution in [0.3, 0.4) is 0 Å². The van der Waals surface area contributed by atoms with Gasteiger partial charge >= 0.3 is 12.3 Å². The summed E-state index contributed by atoms with van der Waals surface area (Å²) in [5.74, 6) is -1.98. The molecule has 2 saturated heterocycles. The molecule has 0 bridgehead atoms. The largest absolute Gasteiger partial charge is 0.417 e. The molecule has 1 amide bonds. The van der Waals surface area contributed by atoms with Gasteiger partial charge in [-0.1, -0.05) is 17.7 Å². The lowest BCUT2D eigenvalue weighted by Crippen LogP contribution is -2.64. The molecule has 2 atom stereocenters. The van der Waals surface area contributed by atoms with Crippen molar-refractivity contribution in [2.24, 2.45) is 5.92 Å². The molecule has 7 nitrogen and oxygen atoms in total. The van der Waals surface area contributed by atoms with Crippen LogP contribution in [0.1, 0.15) is 36.8 Å². The molecule has 1 N–H and O–H groups in total. The van der Waals surface area contributed by atoms with E-state index < -0.39 is 46.8 Å². The Morgan fingerprint density at radius 2 is 1.80 bits per heavy atom. The van der Waals surface area contributed by atoms with E-state index in [1.165, 1.54) is 35.2 Å². The first-order valence-corrected chi connectivity index (χ1v) is 14.5. The number of likely N-dealkylation sites (N-methyl/N-ethyl adjacent to an activating group) is 1. The van der Waals surface area contributed by atoms with Crippen LogP contribution in [0.5, 0.6) is 5.75 Å². The summed E-state index contributed by atoms with van der Waals surface area (Å²) in [5.41, 5.74) is -1.72. The van der Waals surface area contributed by atoms with Crippen LogP contribution in [0.4, 0.5) is 32.6 Å². The van der Waals surface area contributed by atoms with Gasteiger partial charge in [0.05, 0.1) is 10.6 Å². The normalized spacial score (nSPS) is 20.9. The molecule has 0 saturated carbocycles. The SMILES string of the molecule is CCN(C(=O)Oc1ccc(F)cc1)[C@]1(C(=O)C2CCN(c3ccc(C(F)(F)F)cn3)CC2)CNC[C@H]1c1ccc(F)c(Cl)c1.